The summed E-state index contributed by atoms with van der Waals surface area (Å²) < 4.78 is 40.4. The molecule has 0 spiro atoms. The molecule has 0 aliphatic rings. The average molecular weight is 353 g/mol. The largest absolute Gasteiger partial charge is 1.00 e. The quantitative estimate of drug-likeness (QED) is 0.601. The van der Waals surface area contributed by atoms with Gasteiger partial charge in [0.1, 0.15) is 17.3 Å². The van der Waals surface area contributed by atoms with Gasteiger partial charge in [-0.15, -0.1) is 0 Å². The molecule has 3 nitrogen and oxygen atoms in total. The predicted molar refractivity (Wildman–Crippen MR) is 67.8 cm³/mol. The molecule has 0 radical (unpaired) electrons. The Kier molecular flexibility index (Phi) is 6.65. The fourth-order valence-corrected chi connectivity index (χ4v) is 2.33. The first-order valence-corrected chi connectivity index (χ1v) is 6.75. The summed E-state index contributed by atoms with van der Waals surface area (Å²) in [4.78, 5) is 0.147. The second-order valence-corrected chi connectivity index (χ2v) is 5.18. The minimum absolute atomic E-state index is 0. The number of halogens is 2. The van der Waals surface area contributed by atoms with Crippen LogP contribution in [0.15, 0.2) is 51.8 Å². The van der Waals surface area contributed by atoms with Gasteiger partial charge in [-0.05, 0) is 57.3 Å². The van der Waals surface area contributed by atoms with Crippen molar-refractivity contribution in [1.29, 1.82) is 0 Å². The summed E-state index contributed by atoms with van der Waals surface area (Å²) in [6, 6.07) is 10.0. The van der Waals surface area contributed by atoms with Gasteiger partial charge in [0.15, 0.2) is 0 Å². The fraction of sp³-hybridized carbons (Fsp3) is 0. The van der Waals surface area contributed by atoms with Gasteiger partial charge in [0.25, 0.3) is 0 Å². The molecular formula is C12H7BrFNaO3S. The zero-order valence-electron chi connectivity index (χ0n) is 9.93. The van der Waals surface area contributed by atoms with Gasteiger partial charge in [0, 0.05) is 11.0 Å². The van der Waals surface area contributed by atoms with E-state index in [2.05, 4.69) is 15.9 Å². The molecule has 7 heteroatoms. The molecule has 1 atom stereocenters. The molecule has 0 amide bonds. The molecule has 2 rings (SSSR count). The molecule has 19 heavy (non-hydrogen) atoms. The number of hydrogen-bond donors (Lipinski definition) is 0. The van der Waals surface area contributed by atoms with Crippen molar-refractivity contribution in [2.45, 2.75) is 4.90 Å². The monoisotopic (exact) mass is 352 g/mol. The molecule has 0 bridgehead atoms. The van der Waals surface area contributed by atoms with Crippen molar-refractivity contribution in [2.24, 2.45) is 0 Å². The van der Waals surface area contributed by atoms with Crippen LogP contribution in [-0.2, 0) is 11.1 Å². The maximum Gasteiger partial charge on any atom is 1.00 e. The number of ether oxygens (including phenoxy) is 1. The molecule has 0 fully saturated rings. The molecule has 0 saturated carbocycles. The van der Waals surface area contributed by atoms with Gasteiger partial charge in [-0.25, -0.2) is 4.39 Å². The van der Waals surface area contributed by atoms with Crippen molar-refractivity contribution in [2.75, 3.05) is 0 Å². The smallest absolute Gasteiger partial charge is 0.768 e. The first-order chi connectivity index (χ1) is 8.56. The van der Waals surface area contributed by atoms with Gasteiger partial charge in [0.05, 0.1) is 4.47 Å². The Morgan fingerprint density at radius 1 is 1.21 bits per heavy atom. The summed E-state index contributed by atoms with van der Waals surface area (Å²) in [5.74, 6) is 0.349. The summed E-state index contributed by atoms with van der Waals surface area (Å²) in [6.45, 7) is 0. The third kappa shape index (κ3) is 4.66. The minimum atomic E-state index is -2.29. The maximum atomic E-state index is 13.0. The van der Waals surface area contributed by atoms with Gasteiger partial charge in [-0.2, -0.15) is 0 Å². The van der Waals surface area contributed by atoms with Crippen molar-refractivity contribution >= 4 is 27.0 Å². The van der Waals surface area contributed by atoms with Crippen molar-refractivity contribution in [1.82, 2.24) is 0 Å². The van der Waals surface area contributed by atoms with Crippen molar-refractivity contribution in [3.8, 4) is 11.5 Å². The van der Waals surface area contributed by atoms with E-state index < -0.39 is 16.9 Å². The van der Waals surface area contributed by atoms with E-state index in [-0.39, 0.29) is 34.5 Å². The average Bonchev–Trinajstić information content (AvgIpc) is 2.31. The van der Waals surface area contributed by atoms with Gasteiger partial charge in [-0.1, -0.05) is 6.07 Å². The van der Waals surface area contributed by atoms with E-state index in [0.29, 0.717) is 16.0 Å². The third-order valence-corrected chi connectivity index (χ3v) is 3.38. The van der Waals surface area contributed by atoms with Gasteiger partial charge >= 0.3 is 29.6 Å². The topological polar surface area (TPSA) is 49.4 Å². The van der Waals surface area contributed by atoms with E-state index in [0.717, 1.165) is 0 Å². The van der Waals surface area contributed by atoms with Crippen molar-refractivity contribution in [3.63, 3.8) is 0 Å². The van der Waals surface area contributed by atoms with Crippen LogP contribution in [0.2, 0.25) is 0 Å². The Balaban J connectivity index is 0.00000180. The molecule has 0 aliphatic carbocycles. The fourth-order valence-electron chi connectivity index (χ4n) is 1.33. The van der Waals surface area contributed by atoms with Crippen LogP contribution in [0, 0.1) is 5.82 Å². The molecule has 94 valence electrons. The molecule has 0 N–H and O–H groups in total. The van der Waals surface area contributed by atoms with Crippen LogP contribution in [-0.4, -0.2) is 8.76 Å². The van der Waals surface area contributed by atoms with Gasteiger partial charge < -0.3 is 9.29 Å². The number of hydrogen-bond acceptors (Lipinski definition) is 3. The summed E-state index contributed by atoms with van der Waals surface area (Å²) in [6.07, 6.45) is 0. The summed E-state index contributed by atoms with van der Waals surface area (Å²) in [5.41, 5.74) is 0. The van der Waals surface area contributed by atoms with Crippen LogP contribution < -0.4 is 34.3 Å². The van der Waals surface area contributed by atoms with Crippen molar-refractivity contribution in [3.05, 3.63) is 52.8 Å². The molecule has 0 heterocycles. The van der Waals surface area contributed by atoms with Gasteiger partial charge in [-0.3, -0.25) is 4.21 Å². The number of benzene rings is 2. The minimum Gasteiger partial charge on any atom is -0.768 e. The summed E-state index contributed by atoms with van der Waals surface area (Å²) in [5, 5.41) is 0. The van der Waals surface area contributed by atoms with E-state index >= 15 is 0 Å². The summed E-state index contributed by atoms with van der Waals surface area (Å²) in [7, 11) is 0. The molecule has 2 aromatic rings. The Hall–Kier alpha value is -0.240. The predicted octanol–water partition coefficient (Wildman–Crippen LogP) is 0.623. The second kappa shape index (κ2) is 7.52. The first-order valence-electron chi connectivity index (χ1n) is 4.88. The Morgan fingerprint density at radius 2 is 1.95 bits per heavy atom. The van der Waals surface area contributed by atoms with Crippen LogP contribution in [0.1, 0.15) is 0 Å². The van der Waals surface area contributed by atoms with E-state index in [1.807, 2.05) is 0 Å². The molecule has 0 saturated heterocycles. The number of rotatable bonds is 3. The first kappa shape index (κ1) is 16.8. The summed E-state index contributed by atoms with van der Waals surface area (Å²) >= 11 is 0.906. The van der Waals surface area contributed by atoms with Crippen LogP contribution in [0.4, 0.5) is 4.39 Å². The van der Waals surface area contributed by atoms with E-state index in [4.69, 9.17) is 4.74 Å². The van der Waals surface area contributed by atoms with E-state index in [1.54, 1.807) is 6.07 Å². The van der Waals surface area contributed by atoms with Crippen LogP contribution >= 0.6 is 15.9 Å². The standard InChI is InChI=1S/C12H8BrFO3S.Na/c13-11-7-10(18(15)16)4-5-12(11)17-9-3-1-2-8(14)6-9;/h1-7H,(H,15,16);/q;+1/p-1. The zero-order valence-corrected chi connectivity index (χ0v) is 14.3. The van der Waals surface area contributed by atoms with Crippen molar-refractivity contribution < 1.29 is 47.4 Å². The zero-order chi connectivity index (χ0) is 13.1. The third-order valence-electron chi connectivity index (χ3n) is 2.12. The van der Waals surface area contributed by atoms with Crippen LogP contribution in [0.3, 0.4) is 0 Å². The Labute approximate surface area is 142 Å². The molecule has 1 unspecified atom stereocenters. The van der Waals surface area contributed by atoms with E-state index in [9.17, 15) is 13.2 Å². The van der Waals surface area contributed by atoms with Crippen LogP contribution in [0.5, 0.6) is 11.5 Å². The maximum absolute atomic E-state index is 13.0. The van der Waals surface area contributed by atoms with Crippen LogP contribution in [0.25, 0.3) is 0 Å². The van der Waals surface area contributed by atoms with Gasteiger partial charge in [0.2, 0.25) is 0 Å². The second-order valence-electron chi connectivity index (χ2n) is 3.39. The molecule has 0 aliphatic heterocycles. The molecular weight excluding hydrogens is 346 g/mol. The normalized spacial score (nSPS) is 11.5. The Morgan fingerprint density at radius 3 is 2.53 bits per heavy atom. The Bertz CT molecular complexity index is 609. The van der Waals surface area contributed by atoms with E-state index in [1.165, 1.54) is 36.4 Å². The molecule has 0 aromatic heterocycles. The SMILES string of the molecule is O=S([O-])c1ccc(Oc2cccc(F)c2)c(Br)c1.[Na+]. The molecule has 2 aromatic carbocycles.